The van der Waals surface area contributed by atoms with Gasteiger partial charge in [0.1, 0.15) is 5.78 Å². The van der Waals surface area contributed by atoms with E-state index in [2.05, 4.69) is 17.2 Å². The first-order chi connectivity index (χ1) is 17.9. The van der Waals surface area contributed by atoms with Crippen LogP contribution in [0.1, 0.15) is 67.2 Å². The topological polar surface area (TPSA) is 97.0 Å². The monoisotopic (exact) mass is 511 g/mol. The molecule has 1 aliphatic heterocycles. The van der Waals surface area contributed by atoms with Gasteiger partial charge in [-0.3, -0.25) is 19.3 Å². The van der Waals surface area contributed by atoms with Gasteiger partial charge in [0.05, 0.1) is 37.6 Å². The lowest BCUT2D eigenvalue weighted by atomic mass is 10.1. The third-order valence-electron chi connectivity index (χ3n) is 5.93. The van der Waals surface area contributed by atoms with E-state index in [4.69, 9.17) is 9.47 Å². The minimum atomic E-state index is -0.339. The zero-order chi connectivity index (χ0) is 27.0. The van der Waals surface area contributed by atoms with Crippen molar-refractivity contribution in [3.8, 4) is 0 Å². The van der Waals surface area contributed by atoms with Gasteiger partial charge in [-0.2, -0.15) is 0 Å². The molecule has 0 saturated carbocycles. The average Bonchev–Trinajstić information content (AvgIpc) is 3.14. The molecule has 0 spiro atoms. The summed E-state index contributed by atoms with van der Waals surface area (Å²) in [5.74, 6) is -0.459. The predicted molar refractivity (Wildman–Crippen MR) is 147 cm³/mol. The minimum absolute atomic E-state index is 0.162. The highest BCUT2D eigenvalue weighted by atomic mass is 16.5. The van der Waals surface area contributed by atoms with Crippen molar-refractivity contribution in [3.63, 3.8) is 0 Å². The fourth-order valence-electron chi connectivity index (χ4n) is 3.99. The summed E-state index contributed by atoms with van der Waals surface area (Å²) in [6, 6.07) is 4.89. The van der Waals surface area contributed by atoms with Crippen LogP contribution in [0.5, 0.6) is 0 Å². The van der Waals surface area contributed by atoms with Gasteiger partial charge in [0.25, 0.3) is 11.8 Å². The second-order valence-electron chi connectivity index (χ2n) is 8.93. The molecule has 0 bridgehead atoms. The van der Waals surface area contributed by atoms with Gasteiger partial charge >= 0.3 is 0 Å². The number of anilines is 1. The molecule has 2 rings (SSSR count). The van der Waals surface area contributed by atoms with Crippen LogP contribution in [0.2, 0.25) is 0 Å². The van der Waals surface area contributed by atoms with E-state index in [9.17, 15) is 14.4 Å². The van der Waals surface area contributed by atoms with E-state index in [1.807, 2.05) is 39.0 Å². The molecular formula is C29H41N3O5. The quantitative estimate of drug-likeness (QED) is 0.160. The standard InChI is InChI=1S/C29H41N3O5/c1-5-7-8-11-22(3)30-16-18-36-20-21-37-19-17-31-26-13-9-12-25-27(26)29(35)32(28(25)34)23(4)14-15-24(33)10-6-2/h5,7-9,11-13,23,30-31H,1,6,10,14-21H2,2-4H3/b8-7-,22-11+. The number of rotatable bonds is 19. The number of allylic oxidation sites excluding steroid dienone is 5. The van der Waals surface area contributed by atoms with E-state index in [0.29, 0.717) is 75.6 Å². The molecule has 0 fully saturated rings. The zero-order valence-electron chi connectivity index (χ0n) is 22.4. The highest BCUT2D eigenvalue weighted by Gasteiger charge is 2.40. The van der Waals surface area contributed by atoms with Crippen LogP contribution in [0.25, 0.3) is 0 Å². The molecule has 0 saturated heterocycles. The van der Waals surface area contributed by atoms with Crippen LogP contribution in [-0.4, -0.2) is 68.1 Å². The van der Waals surface area contributed by atoms with E-state index in [-0.39, 0.29) is 23.6 Å². The molecule has 2 N–H and O–H groups in total. The Hall–Kier alpha value is -3.23. The number of ketones is 1. The molecule has 2 amide bonds. The van der Waals surface area contributed by atoms with Crippen molar-refractivity contribution in [1.82, 2.24) is 10.2 Å². The van der Waals surface area contributed by atoms with Crippen LogP contribution in [0.15, 0.2) is 54.8 Å². The number of nitrogens with zero attached hydrogens (tertiary/aromatic N) is 1. The largest absolute Gasteiger partial charge is 0.386 e. The third kappa shape index (κ3) is 9.63. The smallest absolute Gasteiger partial charge is 0.263 e. The number of imide groups is 1. The number of Topliss-reactive ketones (excluding diaryl/α,β-unsaturated/α-hetero) is 1. The first-order valence-corrected chi connectivity index (χ1v) is 13.0. The van der Waals surface area contributed by atoms with Gasteiger partial charge in [-0.15, -0.1) is 0 Å². The van der Waals surface area contributed by atoms with Gasteiger partial charge in [0, 0.05) is 43.4 Å². The Morgan fingerprint density at radius 3 is 2.49 bits per heavy atom. The minimum Gasteiger partial charge on any atom is -0.386 e. The highest BCUT2D eigenvalue weighted by Crippen LogP contribution is 2.31. The number of ether oxygens (including phenoxy) is 2. The van der Waals surface area contributed by atoms with Crippen LogP contribution in [0.4, 0.5) is 5.69 Å². The molecule has 1 heterocycles. The van der Waals surface area contributed by atoms with Crippen LogP contribution < -0.4 is 10.6 Å². The Morgan fingerprint density at radius 2 is 1.78 bits per heavy atom. The summed E-state index contributed by atoms with van der Waals surface area (Å²) in [6.07, 6.45) is 9.66. The highest BCUT2D eigenvalue weighted by molar-refractivity contribution is 6.24. The number of hydrogen-bond acceptors (Lipinski definition) is 7. The van der Waals surface area contributed by atoms with Crippen molar-refractivity contribution in [2.75, 3.05) is 44.8 Å². The van der Waals surface area contributed by atoms with Gasteiger partial charge in [0.15, 0.2) is 0 Å². The molecule has 0 aliphatic carbocycles. The van der Waals surface area contributed by atoms with Crippen LogP contribution in [0.3, 0.4) is 0 Å². The van der Waals surface area contributed by atoms with Crippen molar-refractivity contribution in [2.24, 2.45) is 0 Å². The number of amides is 2. The molecule has 8 heteroatoms. The molecule has 0 radical (unpaired) electrons. The molecule has 0 aromatic heterocycles. The average molecular weight is 512 g/mol. The predicted octanol–water partition coefficient (Wildman–Crippen LogP) is 4.50. The summed E-state index contributed by atoms with van der Waals surface area (Å²) in [4.78, 5) is 39.2. The molecule has 37 heavy (non-hydrogen) atoms. The fraction of sp³-hybridized carbons (Fsp3) is 0.483. The summed E-state index contributed by atoms with van der Waals surface area (Å²) in [6.45, 7) is 12.6. The summed E-state index contributed by atoms with van der Waals surface area (Å²) in [7, 11) is 0. The molecule has 1 aliphatic rings. The first kappa shape index (κ1) is 30.0. The molecule has 202 valence electrons. The summed E-state index contributed by atoms with van der Waals surface area (Å²) < 4.78 is 11.2. The van der Waals surface area contributed by atoms with Crippen molar-refractivity contribution >= 4 is 23.3 Å². The lowest BCUT2D eigenvalue weighted by Gasteiger charge is -2.22. The number of hydrogen-bond donors (Lipinski definition) is 2. The Labute approximate surface area is 220 Å². The number of benzene rings is 1. The molecule has 1 aromatic rings. The van der Waals surface area contributed by atoms with Crippen molar-refractivity contribution in [3.05, 3.63) is 65.9 Å². The lowest BCUT2D eigenvalue weighted by molar-refractivity contribution is -0.119. The Bertz CT molecular complexity index is 986. The molecule has 8 nitrogen and oxygen atoms in total. The van der Waals surface area contributed by atoms with Gasteiger partial charge in [-0.1, -0.05) is 37.8 Å². The second kappa shape index (κ2) is 16.5. The number of fused-ring (bicyclic) bond motifs is 1. The molecule has 1 atom stereocenters. The van der Waals surface area contributed by atoms with Crippen LogP contribution >= 0.6 is 0 Å². The van der Waals surface area contributed by atoms with Gasteiger partial charge < -0.3 is 20.1 Å². The van der Waals surface area contributed by atoms with Crippen molar-refractivity contribution in [1.29, 1.82) is 0 Å². The lowest BCUT2D eigenvalue weighted by Crippen LogP contribution is -2.38. The summed E-state index contributed by atoms with van der Waals surface area (Å²) >= 11 is 0. The molecule has 1 aromatic carbocycles. The maximum atomic E-state index is 13.1. The first-order valence-electron chi connectivity index (χ1n) is 13.0. The maximum absolute atomic E-state index is 13.1. The Morgan fingerprint density at radius 1 is 1.05 bits per heavy atom. The third-order valence-corrected chi connectivity index (χ3v) is 5.93. The Kier molecular flexibility index (Phi) is 13.4. The van der Waals surface area contributed by atoms with Crippen LogP contribution in [-0.2, 0) is 14.3 Å². The maximum Gasteiger partial charge on any atom is 0.263 e. The van der Waals surface area contributed by atoms with Gasteiger partial charge in [-0.05, 0) is 44.9 Å². The van der Waals surface area contributed by atoms with E-state index in [0.717, 1.165) is 12.1 Å². The van der Waals surface area contributed by atoms with Gasteiger partial charge in [-0.25, -0.2) is 0 Å². The van der Waals surface area contributed by atoms with E-state index < -0.39 is 0 Å². The fourth-order valence-corrected chi connectivity index (χ4v) is 3.99. The van der Waals surface area contributed by atoms with E-state index >= 15 is 0 Å². The normalized spacial score (nSPS) is 14.2. The van der Waals surface area contributed by atoms with Crippen molar-refractivity contribution < 1.29 is 23.9 Å². The number of carbonyl (C=O) groups excluding carboxylic acids is 3. The number of nitrogens with one attached hydrogen (secondary N) is 2. The van der Waals surface area contributed by atoms with Gasteiger partial charge in [0.2, 0.25) is 0 Å². The van der Waals surface area contributed by atoms with E-state index in [1.54, 1.807) is 24.3 Å². The SMILES string of the molecule is C=C/C=C\C=C(/C)NCCOCCOCCNc1cccc2c1C(=O)N(C(C)CCC(=O)CCC)C2=O. The summed E-state index contributed by atoms with van der Waals surface area (Å²) in [5, 5.41) is 6.47. The van der Waals surface area contributed by atoms with Crippen LogP contribution in [0, 0.1) is 0 Å². The Balaban J connectivity index is 1.71. The zero-order valence-corrected chi connectivity index (χ0v) is 22.4. The summed E-state index contributed by atoms with van der Waals surface area (Å²) in [5.41, 5.74) is 2.45. The van der Waals surface area contributed by atoms with E-state index in [1.165, 1.54) is 4.90 Å². The van der Waals surface area contributed by atoms with Crippen molar-refractivity contribution in [2.45, 2.75) is 52.5 Å². The number of carbonyl (C=O) groups is 3. The molecule has 1 unspecified atom stereocenters. The molecular weight excluding hydrogens is 470 g/mol. The second-order valence-corrected chi connectivity index (χ2v) is 8.93.